The summed E-state index contributed by atoms with van der Waals surface area (Å²) >= 11 is 12.2. The van der Waals surface area contributed by atoms with Gasteiger partial charge < -0.3 is 10.2 Å². The summed E-state index contributed by atoms with van der Waals surface area (Å²) in [7, 11) is -3.94. The molecule has 2 aromatic carbocycles. The lowest BCUT2D eigenvalue weighted by Crippen LogP contribution is -2.53. The van der Waals surface area contributed by atoms with Crippen molar-refractivity contribution in [2.45, 2.75) is 64.1 Å². The average Bonchev–Trinajstić information content (AvgIpc) is 2.84. The molecule has 2 aromatic rings. The van der Waals surface area contributed by atoms with Gasteiger partial charge in [0, 0.05) is 12.6 Å². The Balaban J connectivity index is 1.93. The quantitative estimate of drug-likeness (QED) is 0.427. The van der Waals surface area contributed by atoms with Crippen LogP contribution in [0.15, 0.2) is 42.5 Å². The summed E-state index contributed by atoms with van der Waals surface area (Å²) in [6.45, 7) is 1.20. The van der Waals surface area contributed by atoms with Crippen molar-refractivity contribution in [2.24, 2.45) is 0 Å². The van der Waals surface area contributed by atoms with E-state index in [4.69, 9.17) is 23.2 Å². The Kier molecular flexibility index (Phi) is 10.2. The molecule has 7 nitrogen and oxygen atoms in total. The van der Waals surface area contributed by atoms with E-state index in [0.717, 1.165) is 48.7 Å². The lowest BCUT2D eigenvalue weighted by Gasteiger charge is -2.34. The van der Waals surface area contributed by atoms with Gasteiger partial charge in [-0.05, 0) is 55.2 Å². The topological polar surface area (TPSA) is 86.8 Å². The number of anilines is 1. The molecule has 11 heteroatoms. The number of carbonyl (C=O) groups excluding carboxylic acids is 2. The summed E-state index contributed by atoms with van der Waals surface area (Å²) in [5.41, 5.74) is 0.647. The summed E-state index contributed by atoms with van der Waals surface area (Å²) in [5, 5.41) is 3.71. The SMILES string of the molecule is CC[C@@H](C(=O)NC1CCCCC1)N(Cc1ccc(Cl)c(Cl)c1)C(=O)CN(c1cccc(F)c1)S(C)(=O)=O. The fourth-order valence-corrected chi connectivity index (χ4v) is 5.71. The average molecular weight is 573 g/mol. The lowest BCUT2D eigenvalue weighted by molar-refractivity contribution is -0.140. The van der Waals surface area contributed by atoms with Crippen LogP contribution in [0.2, 0.25) is 10.0 Å². The zero-order chi connectivity index (χ0) is 27.2. The Bertz CT molecular complexity index is 1220. The highest BCUT2D eigenvalue weighted by Crippen LogP contribution is 2.25. The van der Waals surface area contributed by atoms with Crippen molar-refractivity contribution in [3.63, 3.8) is 0 Å². The molecule has 0 radical (unpaired) electrons. The minimum Gasteiger partial charge on any atom is -0.352 e. The van der Waals surface area contributed by atoms with Gasteiger partial charge in [-0.15, -0.1) is 0 Å². The number of nitrogens with one attached hydrogen (secondary N) is 1. The van der Waals surface area contributed by atoms with Crippen LogP contribution in [0.25, 0.3) is 0 Å². The highest BCUT2D eigenvalue weighted by Gasteiger charge is 2.33. The lowest BCUT2D eigenvalue weighted by atomic mass is 9.95. The fraction of sp³-hybridized carbons (Fsp3) is 0.462. The van der Waals surface area contributed by atoms with E-state index < -0.39 is 34.3 Å². The molecule has 0 bridgehead atoms. The van der Waals surface area contributed by atoms with Crippen molar-refractivity contribution in [1.29, 1.82) is 0 Å². The number of rotatable bonds is 10. The molecule has 0 heterocycles. The second-order valence-electron chi connectivity index (χ2n) is 9.29. The van der Waals surface area contributed by atoms with Gasteiger partial charge in [-0.1, -0.05) is 61.5 Å². The van der Waals surface area contributed by atoms with Crippen LogP contribution in [0.5, 0.6) is 0 Å². The number of benzene rings is 2. The van der Waals surface area contributed by atoms with Crippen LogP contribution in [0.1, 0.15) is 51.0 Å². The van der Waals surface area contributed by atoms with Crippen LogP contribution in [0, 0.1) is 5.82 Å². The van der Waals surface area contributed by atoms with Crippen LogP contribution in [-0.2, 0) is 26.2 Å². The van der Waals surface area contributed by atoms with E-state index in [2.05, 4.69) is 5.32 Å². The third-order valence-electron chi connectivity index (χ3n) is 6.45. The molecule has 1 aliphatic carbocycles. The first-order chi connectivity index (χ1) is 17.5. The van der Waals surface area contributed by atoms with Crippen molar-refractivity contribution < 1.29 is 22.4 Å². The number of halogens is 3. The largest absolute Gasteiger partial charge is 0.352 e. The van der Waals surface area contributed by atoms with Crippen LogP contribution in [-0.4, -0.2) is 50.0 Å². The maximum Gasteiger partial charge on any atom is 0.244 e. The number of nitrogens with zero attached hydrogens (tertiary/aromatic N) is 2. The zero-order valence-electron chi connectivity index (χ0n) is 20.9. The molecule has 0 saturated heterocycles. The molecule has 1 saturated carbocycles. The van der Waals surface area contributed by atoms with Gasteiger partial charge in [0.1, 0.15) is 18.4 Å². The molecule has 1 fully saturated rings. The number of hydrogen-bond acceptors (Lipinski definition) is 4. The third-order valence-corrected chi connectivity index (χ3v) is 8.33. The normalized spacial score (nSPS) is 15.2. The molecule has 2 amide bonds. The predicted octanol–water partition coefficient (Wildman–Crippen LogP) is 5.15. The highest BCUT2D eigenvalue weighted by molar-refractivity contribution is 7.92. The second kappa shape index (κ2) is 12.9. The van der Waals surface area contributed by atoms with Gasteiger partial charge in [0.2, 0.25) is 21.8 Å². The minimum absolute atomic E-state index is 0.00701. The highest BCUT2D eigenvalue weighted by atomic mass is 35.5. The molecule has 1 aliphatic rings. The molecule has 0 unspecified atom stereocenters. The summed E-state index contributed by atoms with van der Waals surface area (Å²) < 4.78 is 39.9. The summed E-state index contributed by atoms with van der Waals surface area (Å²) in [4.78, 5) is 28.4. The molecule has 1 atom stereocenters. The van der Waals surface area contributed by atoms with Crippen molar-refractivity contribution in [1.82, 2.24) is 10.2 Å². The molecule has 0 aliphatic heterocycles. The van der Waals surface area contributed by atoms with Gasteiger partial charge in [-0.3, -0.25) is 13.9 Å². The second-order valence-corrected chi connectivity index (χ2v) is 12.0. The molecule has 0 spiro atoms. The van der Waals surface area contributed by atoms with Gasteiger partial charge in [0.15, 0.2) is 0 Å². The summed E-state index contributed by atoms with van der Waals surface area (Å²) in [6.07, 6.45) is 6.21. The molecule has 1 N–H and O–H groups in total. The first kappa shape index (κ1) is 29.2. The molecule has 0 aromatic heterocycles. The number of hydrogen-bond donors (Lipinski definition) is 1. The molecular formula is C26H32Cl2FN3O4S. The number of carbonyl (C=O) groups is 2. The number of sulfonamides is 1. The van der Waals surface area contributed by atoms with Gasteiger partial charge in [0.05, 0.1) is 22.0 Å². The van der Waals surface area contributed by atoms with Crippen LogP contribution in [0.3, 0.4) is 0 Å². The zero-order valence-corrected chi connectivity index (χ0v) is 23.3. The Morgan fingerprint density at radius 2 is 1.78 bits per heavy atom. The smallest absolute Gasteiger partial charge is 0.244 e. The van der Waals surface area contributed by atoms with Gasteiger partial charge in [-0.25, -0.2) is 12.8 Å². The van der Waals surface area contributed by atoms with Crippen molar-refractivity contribution in [3.8, 4) is 0 Å². The Morgan fingerprint density at radius 3 is 2.38 bits per heavy atom. The predicted molar refractivity (Wildman–Crippen MR) is 145 cm³/mol. The first-order valence-electron chi connectivity index (χ1n) is 12.3. The maximum absolute atomic E-state index is 13.9. The van der Waals surface area contributed by atoms with E-state index in [1.165, 1.54) is 23.1 Å². The minimum atomic E-state index is -3.94. The number of amides is 2. The van der Waals surface area contributed by atoms with Crippen molar-refractivity contribution in [2.75, 3.05) is 17.1 Å². The molecule has 37 heavy (non-hydrogen) atoms. The van der Waals surface area contributed by atoms with Crippen molar-refractivity contribution in [3.05, 3.63) is 63.9 Å². The Hall–Kier alpha value is -2.36. The monoisotopic (exact) mass is 571 g/mol. The van der Waals surface area contributed by atoms with E-state index in [-0.39, 0.29) is 24.2 Å². The van der Waals surface area contributed by atoms with E-state index in [1.807, 2.05) is 0 Å². The fourth-order valence-electron chi connectivity index (χ4n) is 4.54. The first-order valence-corrected chi connectivity index (χ1v) is 14.9. The van der Waals surface area contributed by atoms with Crippen LogP contribution >= 0.6 is 23.2 Å². The van der Waals surface area contributed by atoms with E-state index in [0.29, 0.717) is 22.0 Å². The van der Waals surface area contributed by atoms with Crippen LogP contribution < -0.4 is 9.62 Å². The Morgan fingerprint density at radius 1 is 1.08 bits per heavy atom. The van der Waals surface area contributed by atoms with E-state index in [9.17, 15) is 22.4 Å². The van der Waals surface area contributed by atoms with E-state index >= 15 is 0 Å². The van der Waals surface area contributed by atoms with Gasteiger partial charge in [-0.2, -0.15) is 0 Å². The molecule has 202 valence electrons. The standard InChI is InChI=1S/C26H32Cl2FN3O4S/c1-3-24(26(34)30-20-9-5-4-6-10-20)31(16-18-12-13-22(27)23(28)14-18)25(33)17-32(37(2,35)36)21-11-7-8-19(29)15-21/h7-8,11-15,20,24H,3-6,9-10,16-17H2,1-2H3,(H,30,34)/t24-/m0/s1. The van der Waals surface area contributed by atoms with E-state index in [1.54, 1.807) is 25.1 Å². The Labute approximate surface area is 228 Å². The third kappa shape index (κ3) is 8.06. The molecular weight excluding hydrogens is 540 g/mol. The molecule has 3 rings (SSSR count). The van der Waals surface area contributed by atoms with Gasteiger partial charge in [0.25, 0.3) is 0 Å². The van der Waals surface area contributed by atoms with Crippen molar-refractivity contribution >= 4 is 50.7 Å². The maximum atomic E-state index is 13.9. The summed E-state index contributed by atoms with van der Waals surface area (Å²) in [5.74, 6) is -1.53. The van der Waals surface area contributed by atoms with Crippen LogP contribution in [0.4, 0.5) is 10.1 Å². The van der Waals surface area contributed by atoms with Gasteiger partial charge >= 0.3 is 0 Å². The summed E-state index contributed by atoms with van der Waals surface area (Å²) in [6, 6.07) is 9.10.